The largest absolute Gasteiger partial charge is 0.489 e. The van der Waals surface area contributed by atoms with Crippen molar-refractivity contribution >= 4 is 5.69 Å². The van der Waals surface area contributed by atoms with Crippen LogP contribution in [0.15, 0.2) is 42.5 Å². The van der Waals surface area contributed by atoms with Crippen LogP contribution in [-0.2, 0) is 6.61 Å². The molecule has 17 heavy (non-hydrogen) atoms. The third-order valence-electron chi connectivity index (χ3n) is 2.55. The van der Waals surface area contributed by atoms with Gasteiger partial charge in [-0.1, -0.05) is 18.2 Å². The van der Waals surface area contributed by atoms with Gasteiger partial charge in [-0.2, -0.15) is 0 Å². The molecule has 0 saturated carbocycles. The van der Waals surface area contributed by atoms with Gasteiger partial charge in [0.05, 0.1) is 0 Å². The minimum absolute atomic E-state index is 0.550. The third-order valence-corrected chi connectivity index (χ3v) is 2.55. The summed E-state index contributed by atoms with van der Waals surface area (Å²) in [5.41, 5.74) is 10.0. The van der Waals surface area contributed by atoms with Crippen molar-refractivity contribution in [2.24, 2.45) is 0 Å². The van der Waals surface area contributed by atoms with E-state index in [1.54, 1.807) is 0 Å². The van der Waals surface area contributed by atoms with Crippen molar-refractivity contribution in [1.82, 2.24) is 0 Å². The molecular weight excluding hydrogens is 210 g/mol. The van der Waals surface area contributed by atoms with Gasteiger partial charge in [0, 0.05) is 5.69 Å². The van der Waals surface area contributed by atoms with Crippen LogP contribution in [0.1, 0.15) is 16.7 Å². The van der Waals surface area contributed by atoms with E-state index in [0.29, 0.717) is 6.61 Å². The van der Waals surface area contributed by atoms with Gasteiger partial charge in [-0.15, -0.1) is 0 Å². The topological polar surface area (TPSA) is 35.2 Å². The van der Waals surface area contributed by atoms with E-state index in [9.17, 15) is 0 Å². The molecule has 0 saturated heterocycles. The number of rotatable bonds is 3. The Hall–Kier alpha value is -1.96. The minimum Gasteiger partial charge on any atom is -0.489 e. The summed E-state index contributed by atoms with van der Waals surface area (Å²) in [6.07, 6.45) is 0. The fourth-order valence-corrected chi connectivity index (χ4v) is 1.87. The van der Waals surface area contributed by atoms with E-state index in [1.807, 2.05) is 36.4 Å². The minimum atomic E-state index is 0.550. The average Bonchev–Trinajstić information content (AvgIpc) is 2.25. The lowest BCUT2D eigenvalue weighted by atomic mass is 10.1. The molecule has 0 atom stereocenters. The first-order valence-electron chi connectivity index (χ1n) is 5.69. The zero-order valence-corrected chi connectivity index (χ0v) is 10.2. The van der Waals surface area contributed by atoms with Gasteiger partial charge in [-0.3, -0.25) is 0 Å². The standard InChI is InChI=1S/C15H17NO/c1-11-6-12(2)8-15(7-11)17-10-13-4-3-5-14(16)9-13/h3-9H,10,16H2,1-2H3. The second-order valence-electron chi connectivity index (χ2n) is 4.36. The number of ether oxygens (including phenoxy) is 1. The van der Waals surface area contributed by atoms with Crippen LogP contribution in [0.2, 0.25) is 0 Å². The van der Waals surface area contributed by atoms with Crippen molar-refractivity contribution < 1.29 is 4.74 Å². The molecule has 0 heterocycles. The van der Waals surface area contributed by atoms with Crippen LogP contribution >= 0.6 is 0 Å². The summed E-state index contributed by atoms with van der Waals surface area (Å²) in [6, 6.07) is 14.0. The van der Waals surface area contributed by atoms with Gasteiger partial charge in [0.25, 0.3) is 0 Å². The van der Waals surface area contributed by atoms with E-state index in [-0.39, 0.29) is 0 Å². The van der Waals surface area contributed by atoms with Gasteiger partial charge >= 0.3 is 0 Å². The summed E-state index contributed by atoms with van der Waals surface area (Å²) in [5, 5.41) is 0. The van der Waals surface area contributed by atoms with Gasteiger partial charge in [0.15, 0.2) is 0 Å². The molecule has 0 bridgehead atoms. The summed E-state index contributed by atoms with van der Waals surface area (Å²) >= 11 is 0. The average molecular weight is 227 g/mol. The Labute approximate surface area is 102 Å². The molecule has 0 amide bonds. The fourth-order valence-electron chi connectivity index (χ4n) is 1.87. The Morgan fingerprint density at radius 3 is 2.35 bits per heavy atom. The zero-order chi connectivity index (χ0) is 12.3. The molecule has 2 aromatic carbocycles. The number of aryl methyl sites for hydroxylation is 2. The molecule has 0 aromatic heterocycles. The molecule has 2 N–H and O–H groups in total. The molecule has 88 valence electrons. The van der Waals surface area contributed by atoms with Crippen LogP contribution in [0.3, 0.4) is 0 Å². The molecule has 2 aromatic rings. The Morgan fingerprint density at radius 2 is 1.71 bits per heavy atom. The van der Waals surface area contributed by atoms with Crippen LogP contribution < -0.4 is 10.5 Å². The highest BCUT2D eigenvalue weighted by Gasteiger charge is 1.98. The Kier molecular flexibility index (Phi) is 3.33. The van der Waals surface area contributed by atoms with E-state index >= 15 is 0 Å². The van der Waals surface area contributed by atoms with Crippen molar-refractivity contribution in [1.29, 1.82) is 0 Å². The third kappa shape index (κ3) is 3.25. The monoisotopic (exact) mass is 227 g/mol. The van der Waals surface area contributed by atoms with Crippen molar-refractivity contribution in [3.63, 3.8) is 0 Å². The summed E-state index contributed by atoms with van der Waals surface area (Å²) in [7, 11) is 0. The molecule has 0 unspecified atom stereocenters. The maximum atomic E-state index is 5.75. The highest BCUT2D eigenvalue weighted by atomic mass is 16.5. The van der Waals surface area contributed by atoms with Gasteiger partial charge in [-0.25, -0.2) is 0 Å². The summed E-state index contributed by atoms with van der Waals surface area (Å²) in [6.45, 7) is 4.69. The van der Waals surface area contributed by atoms with Crippen LogP contribution in [-0.4, -0.2) is 0 Å². The Balaban J connectivity index is 2.07. The van der Waals surface area contributed by atoms with Crippen LogP contribution in [0.5, 0.6) is 5.75 Å². The van der Waals surface area contributed by atoms with Crippen LogP contribution in [0.25, 0.3) is 0 Å². The molecule has 2 rings (SSSR count). The number of nitrogens with two attached hydrogens (primary N) is 1. The first kappa shape index (κ1) is 11.5. The lowest BCUT2D eigenvalue weighted by molar-refractivity contribution is 0.306. The van der Waals surface area contributed by atoms with Gasteiger partial charge in [0.1, 0.15) is 12.4 Å². The number of hydrogen-bond donors (Lipinski definition) is 1. The predicted octanol–water partition coefficient (Wildman–Crippen LogP) is 3.46. The van der Waals surface area contributed by atoms with Crippen molar-refractivity contribution in [3.05, 3.63) is 59.2 Å². The summed E-state index contributed by atoms with van der Waals surface area (Å²) < 4.78 is 5.75. The molecule has 0 fully saturated rings. The smallest absolute Gasteiger partial charge is 0.120 e. The molecular formula is C15H17NO. The van der Waals surface area contributed by atoms with E-state index in [0.717, 1.165) is 17.0 Å². The van der Waals surface area contributed by atoms with E-state index < -0.39 is 0 Å². The molecule has 0 spiro atoms. The number of nitrogen functional groups attached to an aromatic ring is 1. The lowest BCUT2D eigenvalue weighted by Crippen LogP contribution is -1.97. The molecule has 0 aliphatic rings. The zero-order valence-electron chi connectivity index (χ0n) is 10.2. The maximum Gasteiger partial charge on any atom is 0.120 e. The quantitative estimate of drug-likeness (QED) is 0.815. The van der Waals surface area contributed by atoms with Gasteiger partial charge in [0.2, 0.25) is 0 Å². The molecule has 0 aliphatic heterocycles. The van der Waals surface area contributed by atoms with Crippen LogP contribution in [0, 0.1) is 13.8 Å². The van der Waals surface area contributed by atoms with E-state index in [4.69, 9.17) is 10.5 Å². The fraction of sp³-hybridized carbons (Fsp3) is 0.200. The number of anilines is 1. The van der Waals surface area contributed by atoms with Gasteiger partial charge in [-0.05, 0) is 54.8 Å². The normalized spacial score (nSPS) is 10.2. The molecule has 2 heteroatoms. The highest BCUT2D eigenvalue weighted by Crippen LogP contribution is 2.18. The summed E-state index contributed by atoms with van der Waals surface area (Å²) in [5.74, 6) is 0.907. The Bertz CT molecular complexity index is 500. The SMILES string of the molecule is Cc1cc(C)cc(OCc2cccc(N)c2)c1. The second-order valence-corrected chi connectivity index (χ2v) is 4.36. The first-order valence-corrected chi connectivity index (χ1v) is 5.69. The van der Waals surface area contributed by atoms with Crippen molar-refractivity contribution in [2.75, 3.05) is 5.73 Å². The van der Waals surface area contributed by atoms with E-state index in [2.05, 4.69) is 19.9 Å². The van der Waals surface area contributed by atoms with Crippen LogP contribution in [0.4, 0.5) is 5.69 Å². The number of benzene rings is 2. The predicted molar refractivity (Wildman–Crippen MR) is 71.1 cm³/mol. The van der Waals surface area contributed by atoms with E-state index in [1.165, 1.54) is 11.1 Å². The summed E-state index contributed by atoms with van der Waals surface area (Å²) in [4.78, 5) is 0. The lowest BCUT2D eigenvalue weighted by Gasteiger charge is -2.08. The Morgan fingerprint density at radius 1 is 1.00 bits per heavy atom. The number of hydrogen-bond acceptors (Lipinski definition) is 2. The van der Waals surface area contributed by atoms with Crippen molar-refractivity contribution in [3.8, 4) is 5.75 Å². The van der Waals surface area contributed by atoms with Crippen molar-refractivity contribution in [2.45, 2.75) is 20.5 Å². The maximum absolute atomic E-state index is 5.75. The second kappa shape index (κ2) is 4.91. The van der Waals surface area contributed by atoms with Gasteiger partial charge < -0.3 is 10.5 Å². The first-order chi connectivity index (χ1) is 8.13. The molecule has 0 aliphatic carbocycles. The molecule has 0 radical (unpaired) electrons. The molecule has 2 nitrogen and oxygen atoms in total. The highest BCUT2D eigenvalue weighted by molar-refractivity contribution is 5.40.